The summed E-state index contributed by atoms with van der Waals surface area (Å²) in [5, 5.41) is 3.53. The minimum Gasteiger partial charge on any atom is -0.379 e. The second-order valence-electron chi connectivity index (χ2n) is 4.96. The third-order valence-electron chi connectivity index (χ3n) is 3.63. The molecule has 0 radical (unpaired) electrons. The van der Waals surface area contributed by atoms with E-state index in [1.54, 1.807) is 0 Å². The molecule has 2 aromatic rings. The van der Waals surface area contributed by atoms with Crippen LogP contribution in [0.2, 0.25) is 0 Å². The van der Waals surface area contributed by atoms with Gasteiger partial charge in [0.25, 0.3) is 0 Å². The van der Waals surface area contributed by atoms with E-state index in [-0.39, 0.29) is 0 Å². The minimum atomic E-state index is 0.774. The van der Waals surface area contributed by atoms with E-state index in [4.69, 9.17) is 0 Å². The molecule has 0 aliphatic heterocycles. The molecule has 0 unspecified atom stereocenters. The predicted molar refractivity (Wildman–Crippen MR) is 82.3 cm³/mol. The molecule has 1 aromatic carbocycles. The number of benzene rings is 1. The number of rotatable bonds is 3. The topological polar surface area (TPSA) is 24.9 Å². The van der Waals surface area contributed by atoms with Gasteiger partial charge in [-0.2, -0.15) is 0 Å². The highest BCUT2D eigenvalue weighted by Gasteiger charge is 2.12. The number of aryl methyl sites for hydroxylation is 1. The zero-order valence-corrected chi connectivity index (χ0v) is 12.4. The van der Waals surface area contributed by atoms with Gasteiger partial charge in [-0.15, -0.1) is 0 Å². The third kappa shape index (κ3) is 2.98. The highest BCUT2D eigenvalue weighted by molar-refractivity contribution is 9.10. The number of hydrogen-bond donors (Lipinski definition) is 1. The summed E-state index contributed by atoms with van der Waals surface area (Å²) in [5.41, 5.74) is 5.35. The van der Waals surface area contributed by atoms with Crippen molar-refractivity contribution in [2.24, 2.45) is 0 Å². The molecule has 19 heavy (non-hydrogen) atoms. The van der Waals surface area contributed by atoms with Crippen LogP contribution in [0.15, 0.2) is 41.0 Å². The summed E-state index contributed by atoms with van der Waals surface area (Å²) in [6.07, 6.45) is 5.05. The SMILES string of the molecule is Brc1cccc(CNc2cccc3c2CCCC3)n1. The third-order valence-corrected chi connectivity index (χ3v) is 4.07. The number of halogens is 1. The van der Waals surface area contributed by atoms with E-state index < -0.39 is 0 Å². The number of pyridine rings is 1. The van der Waals surface area contributed by atoms with Crippen LogP contribution in [-0.4, -0.2) is 4.98 Å². The van der Waals surface area contributed by atoms with Gasteiger partial charge in [0.15, 0.2) is 0 Å². The van der Waals surface area contributed by atoms with Gasteiger partial charge in [0.05, 0.1) is 12.2 Å². The number of aromatic nitrogens is 1. The fraction of sp³-hybridized carbons (Fsp3) is 0.312. The smallest absolute Gasteiger partial charge is 0.106 e. The number of nitrogens with zero attached hydrogens (tertiary/aromatic N) is 1. The van der Waals surface area contributed by atoms with Crippen LogP contribution in [0.4, 0.5) is 5.69 Å². The largest absolute Gasteiger partial charge is 0.379 e. The normalized spacial score (nSPS) is 13.9. The first-order valence-electron chi connectivity index (χ1n) is 6.79. The van der Waals surface area contributed by atoms with Gasteiger partial charge < -0.3 is 5.32 Å². The molecule has 1 heterocycles. The molecule has 0 saturated carbocycles. The Kier molecular flexibility index (Phi) is 3.83. The molecular weight excluding hydrogens is 300 g/mol. The Hall–Kier alpha value is -1.35. The molecule has 3 heteroatoms. The van der Waals surface area contributed by atoms with Crippen LogP contribution in [0.25, 0.3) is 0 Å². The first-order chi connectivity index (χ1) is 9.33. The van der Waals surface area contributed by atoms with Crippen LogP contribution < -0.4 is 5.32 Å². The average Bonchev–Trinajstić information content (AvgIpc) is 2.45. The Bertz CT molecular complexity index is 581. The summed E-state index contributed by atoms with van der Waals surface area (Å²) in [7, 11) is 0. The Morgan fingerprint density at radius 1 is 1.05 bits per heavy atom. The first kappa shape index (κ1) is 12.7. The molecule has 0 saturated heterocycles. The molecule has 3 rings (SSSR count). The predicted octanol–water partition coefficient (Wildman–Crippen LogP) is 4.34. The van der Waals surface area contributed by atoms with E-state index >= 15 is 0 Å². The van der Waals surface area contributed by atoms with Crippen LogP contribution in [0.3, 0.4) is 0 Å². The van der Waals surface area contributed by atoms with Gasteiger partial charge >= 0.3 is 0 Å². The lowest BCUT2D eigenvalue weighted by atomic mass is 9.90. The van der Waals surface area contributed by atoms with Gasteiger partial charge in [0, 0.05) is 5.69 Å². The average molecular weight is 317 g/mol. The lowest BCUT2D eigenvalue weighted by Crippen LogP contribution is -2.09. The molecular formula is C16H17BrN2. The molecule has 0 bridgehead atoms. The zero-order valence-electron chi connectivity index (χ0n) is 10.8. The van der Waals surface area contributed by atoms with Crippen molar-refractivity contribution < 1.29 is 0 Å². The van der Waals surface area contributed by atoms with Crippen LogP contribution >= 0.6 is 15.9 Å². The second-order valence-corrected chi connectivity index (χ2v) is 5.77. The zero-order chi connectivity index (χ0) is 13.1. The summed E-state index contributed by atoms with van der Waals surface area (Å²) in [6, 6.07) is 12.6. The molecule has 0 fully saturated rings. The summed E-state index contributed by atoms with van der Waals surface area (Å²) >= 11 is 3.41. The molecule has 0 amide bonds. The van der Waals surface area contributed by atoms with E-state index in [1.807, 2.05) is 18.2 Å². The minimum absolute atomic E-state index is 0.774. The van der Waals surface area contributed by atoms with Gasteiger partial charge in [-0.25, -0.2) is 4.98 Å². The standard InChI is InChI=1S/C16H17BrN2/c17-16-10-4-7-13(19-16)11-18-15-9-3-6-12-5-1-2-8-14(12)15/h3-4,6-7,9-10,18H,1-2,5,8,11H2. The molecule has 0 atom stereocenters. The maximum Gasteiger partial charge on any atom is 0.106 e. The number of hydrogen-bond acceptors (Lipinski definition) is 2. The Labute approximate surface area is 122 Å². The molecule has 98 valence electrons. The number of fused-ring (bicyclic) bond motifs is 1. The molecule has 1 N–H and O–H groups in total. The van der Waals surface area contributed by atoms with Crippen molar-refractivity contribution in [2.75, 3.05) is 5.32 Å². The van der Waals surface area contributed by atoms with Crippen molar-refractivity contribution in [3.05, 3.63) is 57.8 Å². The number of nitrogens with one attached hydrogen (secondary N) is 1. The Morgan fingerprint density at radius 3 is 2.79 bits per heavy atom. The molecule has 2 nitrogen and oxygen atoms in total. The van der Waals surface area contributed by atoms with Crippen molar-refractivity contribution >= 4 is 21.6 Å². The van der Waals surface area contributed by atoms with E-state index in [1.165, 1.54) is 42.5 Å². The van der Waals surface area contributed by atoms with Crippen LogP contribution in [0, 0.1) is 0 Å². The fourth-order valence-corrected chi connectivity index (χ4v) is 3.06. The van der Waals surface area contributed by atoms with Gasteiger partial charge in [0.2, 0.25) is 0 Å². The van der Waals surface area contributed by atoms with E-state index in [9.17, 15) is 0 Å². The summed E-state index contributed by atoms with van der Waals surface area (Å²) < 4.78 is 0.891. The van der Waals surface area contributed by atoms with Gasteiger partial charge in [-0.05, 0) is 70.9 Å². The van der Waals surface area contributed by atoms with Crippen molar-refractivity contribution in [2.45, 2.75) is 32.2 Å². The second kappa shape index (κ2) is 5.74. The van der Waals surface area contributed by atoms with Crippen molar-refractivity contribution in [3.8, 4) is 0 Å². The van der Waals surface area contributed by atoms with Crippen LogP contribution in [-0.2, 0) is 19.4 Å². The molecule has 1 aliphatic carbocycles. The maximum atomic E-state index is 4.45. The Balaban J connectivity index is 1.77. The lowest BCUT2D eigenvalue weighted by molar-refractivity contribution is 0.686. The van der Waals surface area contributed by atoms with E-state index in [0.717, 1.165) is 16.8 Å². The van der Waals surface area contributed by atoms with Gasteiger partial charge in [0.1, 0.15) is 4.60 Å². The molecule has 1 aromatic heterocycles. The Morgan fingerprint density at radius 2 is 1.89 bits per heavy atom. The quantitative estimate of drug-likeness (QED) is 0.852. The first-order valence-corrected chi connectivity index (χ1v) is 7.58. The molecule has 0 spiro atoms. The van der Waals surface area contributed by atoms with Gasteiger partial charge in [-0.3, -0.25) is 0 Å². The fourth-order valence-electron chi connectivity index (χ4n) is 2.68. The highest BCUT2D eigenvalue weighted by atomic mass is 79.9. The van der Waals surface area contributed by atoms with Crippen LogP contribution in [0.1, 0.15) is 29.7 Å². The van der Waals surface area contributed by atoms with Crippen molar-refractivity contribution in [3.63, 3.8) is 0 Å². The van der Waals surface area contributed by atoms with Crippen LogP contribution in [0.5, 0.6) is 0 Å². The summed E-state index contributed by atoms with van der Waals surface area (Å²) in [4.78, 5) is 4.45. The maximum absolute atomic E-state index is 4.45. The molecule has 1 aliphatic rings. The summed E-state index contributed by atoms with van der Waals surface area (Å²) in [5.74, 6) is 0. The van der Waals surface area contributed by atoms with E-state index in [0.29, 0.717) is 0 Å². The highest BCUT2D eigenvalue weighted by Crippen LogP contribution is 2.28. The van der Waals surface area contributed by atoms with Crippen molar-refractivity contribution in [1.82, 2.24) is 4.98 Å². The van der Waals surface area contributed by atoms with E-state index in [2.05, 4.69) is 44.4 Å². The monoisotopic (exact) mass is 316 g/mol. The number of anilines is 1. The summed E-state index contributed by atoms with van der Waals surface area (Å²) in [6.45, 7) is 0.774. The lowest BCUT2D eigenvalue weighted by Gasteiger charge is -2.20. The van der Waals surface area contributed by atoms with Crippen molar-refractivity contribution in [1.29, 1.82) is 0 Å². The van der Waals surface area contributed by atoms with Gasteiger partial charge in [-0.1, -0.05) is 18.2 Å².